The fraction of sp³-hybridized carbons (Fsp3) is 0.348. The minimum atomic E-state index is -3.41. The number of ether oxygens (including phenoxy) is 2. The third kappa shape index (κ3) is 9.57. The molecule has 0 bridgehead atoms. The lowest BCUT2D eigenvalue weighted by atomic mass is 10.1. The molecular formula is C23H29NO6S. The third-order valence-corrected chi connectivity index (χ3v) is 5.03. The predicted molar refractivity (Wildman–Crippen MR) is 122 cm³/mol. The first kappa shape index (κ1) is 24.3. The molecule has 0 fully saturated rings. The van der Waals surface area contributed by atoms with Crippen LogP contribution in [0.15, 0.2) is 48.5 Å². The van der Waals surface area contributed by atoms with Crippen LogP contribution in [0.5, 0.6) is 11.5 Å². The second-order valence-corrected chi connectivity index (χ2v) is 8.86. The summed E-state index contributed by atoms with van der Waals surface area (Å²) in [6.45, 7) is 0.495. The Balaban J connectivity index is 1.83. The number of carboxylic acids is 1. The molecule has 0 aromatic heterocycles. The molecule has 31 heavy (non-hydrogen) atoms. The number of nitrogens with one attached hydrogen (secondary N) is 1. The fourth-order valence-corrected chi connectivity index (χ4v) is 3.47. The number of carbonyl (C=O) groups is 1. The summed E-state index contributed by atoms with van der Waals surface area (Å²) in [6, 6.07) is 12.8. The molecule has 168 valence electrons. The van der Waals surface area contributed by atoms with Crippen molar-refractivity contribution in [1.82, 2.24) is 0 Å². The van der Waals surface area contributed by atoms with Gasteiger partial charge in [0, 0.05) is 12.1 Å². The van der Waals surface area contributed by atoms with Crippen molar-refractivity contribution in [1.29, 1.82) is 0 Å². The Morgan fingerprint density at radius 1 is 1.13 bits per heavy atom. The number of allylic oxidation sites excluding steroid dienone is 1. The van der Waals surface area contributed by atoms with Gasteiger partial charge in [0.2, 0.25) is 10.0 Å². The van der Waals surface area contributed by atoms with Gasteiger partial charge in [-0.2, -0.15) is 0 Å². The first-order valence-electron chi connectivity index (χ1n) is 10.0. The van der Waals surface area contributed by atoms with E-state index in [1.807, 2.05) is 24.3 Å². The normalized spacial score (nSPS) is 11.4. The van der Waals surface area contributed by atoms with Crippen molar-refractivity contribution >= 4 is 27.8 Å². The first-order valence-corrected chi connectivity index (χ1v) is 11.9. The minimum absolute atomic E-state index is 0.0607. The molecular weight excluding hydrogens is 418 g/mol. The van der Waals surface area contributed by atoms with E-state index < -0.39 is 16.0 Å². The van der Waals surface area contributed by atoms with Crippen molar-refractivity contribution in [2.75, 3.05) is 24.7 Å². The van der Waals surface area contributed by atoms with Crippen LogP contribution < -0.4 is 14.2 Å². The molecule has 0 aliphatic carbocycles. The summed E-state index contributed by atoms with van der Waals surface area (Å²) in [4.78, 5) is 10.9. The topological polar surface area (TPSA) is 102 Å². The average Bonchev–Trinajstić information content (AvgIpc) is 2.72. The van der Waals surface area contributed by atoms with Crippen LogP contribution in [0.4, 0.5) is 5.69 Å². The number of aliphatic carboxylic acids is 1. The number of hydrogen-bond donors (Lipinski definition) is 2. The number of rotatable bonds is 13. The largest absolute Gasteiger partial charge is 0.497 e. The Kier molecular flexibility index (Phi) is 9.40. The lowest BCUT2D eigenvalue weighted by molar-refractivity contribution is -0.136. The van der Waals surface area contributed by atoms with Crippen molar-refractivity contribution in [3.05, 3.63) is 59.7 Å². The molecule has 0 aliphatic heterocycles. The van der Waals surface area contributed by atoms with Gasteiger partial charge in [-0.1, -0.05) is 24.3 Å². The molecule has 0 radical (unpaired) electrons. The van der Waals surface area contributed by atoms with E-state index in [2.05, 4.69) is 16.9 Å². The second-order valence-electron chi connectivity index (χ2n) is 7.11. The fourth-order valence-electron chi connectivity index (χ4n) is 2.92. The molecule has 8 heteroatoms. The Hall–Kier alpha value is -3.00. The highest BCUT2D eigenvalue weighted by Gasteiger charge is 2.10. The van der Waals surface area contributed by atoms with E-state index in [1.165, 1.54) is 0 Å². The quantitative estimate of drug-likeness (QED) is 0.443. The Bertz CT molecular complexity index is 984. The number of aryl methyl sites for hydroxylation is 1. The van der Waals surface area contributed by atoms with Gasteiger partial charge in [0.25, 0.3) is 0 Å². The van der Waals surface area contributed by atoms with Crippen LogP contribution in [0, 0.1) is 0 Å². The number of anilines is 1. The minimum Gasteiger partial charge on any atom is -0.497 e. The maximum atomic E-state index is 11.4. The number of unbranched alkanes of at least 4 members (excludes halogenated alkanes) is 2. The zero-order valence-electron chi connectivity index (χ0n) is 17.8. The van der Waals surface area contributed by atoms with Gasteiger partial charge in [-0.3, -0.25) is 9.52 Å². The van der Waals surface area contributed by atoms with Gasteiger partial charge in [0.15, 0.2) is 0 Å². The zero-order valence-corrected chi connectivity index (χ0v) is 18.7. The van der Waals surface area contributed by atoms with Crippen LogP contribution >= 0.6 is 0 Å². The maximum Gasteiger partial charge on any atom is 0.303 e. The monoisotopic (exact) mass is 447 g/mol. The van der Waals surface area contributed by atoms with E-state index in [9.17, 15) is 13.2 Å². The number of sulfonamides is 1. The molecule has 2 aromatic rings. The van der Waals surface area contributed by atoms with Crippen LogP contribution in [0.3, 0.4) is 0 Å². The summed E-state index contributed by atoms with van der Waals surface area (Å²) in [6.07, 6.45) is 8.16. The summed E-state index contributed by atoms with van der Waals surface area (Å²) in [7, 11) is -1.77. The molecule has 0 saturated carbocycles. The molecule has 2 rings (SSSR count). The van der Waals surface area contributed by atoms with E-state index >= 15 is 0 Å². The molecule has 0 unspecified atom stereocenters. The predicted octanol–water partition coefficient (Wildman–Crippen LogP) is 4.35. The third-order valence-electron chi connectivity index (χ3n) is 4.42. The van der Waals surface area contributed by atoms with Crippen molar-refractivity contribution in [2.24, 2.45) is 0 Å². The summed E-state index contributed by atoms with van der Waals surface area (Å²) in [5.74, 6) is 0.488. The highest BCUT2D eigenvalue weighted by molar-refractivity contribution is 7.92. The van der Waals surface area contributed by atoms with Gasteiger partial charge in [-0.15, -0.1) is 0 Å². The molecule has 0 atom stereocenters. The lowest BCUT2D eigenvalue weighted by Crippen LogP contribution is -2.10. The van der Waals surface area contributed by atoms with Crippen molar-refractivity contribution < 1.29 is 27.8 Å². The van der Waals surface area contributed by atoms with Gasteiger partial charge in [0.05, 0.1) is 20.0 Å². The number of carboxylic acid groups (broad SMARTS) is 1. The van der Waals surface area contributed by atoms with Gasteiger partial charge in [0.1, 0.15) is 11.5 Å². The number of hydrogen-bond acceptors (Lipinski definition) is 5. The molecule has 0 aliphatic rings. The van der Waals surface area contributed by atoms with Crippen LogP contribution in [-0.4, -0.2) is 39.5 Å². The van der Waals surface area contributed by atoms with E-state index in [0.717, 1.165) is 36.8 Å². The molecule has 0 saturated heterocycles. The SMILES string of the molecule is COc1ccc(C=CCCCCOc2ccc(NS(C)(=O)=O)cc2CCC(=O)O)cc1. The summed E-state index contributed by atoms with van der Waals surface area (Å²) < 4.78 is 36.2. The first-order chi connectivity index (χ1) is 14.8. The van der Waals surface area contributed by atoms with Crippen molar-refractivity contribution in [3.63, 3.8) is 0 Å². The molecule has 7 nitrogen and oxygen atoms in total. The maximum absolute atomic E-state index is 11.4. The molecule has 0 amide bonds. The van der Waals surface area contributed by atoms with Gasteiger partial charge < -0.3 is 14.6 Å². The second kappa shape index (κ2) is 12.0. The Labute approximate surface area is 183 Å². The van der Waals surface area contributed by atoms with Gasteiger partial charge in [-0.05, 0) is 67.1 Å². The highest BCUT2D eigenvalue weighted by atomic mass is 32.2. The van der Waals surface area contributed by atoms with Crippen LogP contribution in [0.25, 0.3) is 6.08 Å². The summed E-state index contributed by atoms with van der Waals surface area (Å²) in [5, 5.41) is 8.96. The van der Waals surface area contributed by atoms with Crippen LogP contribution in [0.2, 0.25) is 0 Å². The average molecular weight is 448 g/mol. The number of methoxy groups -OCH3 is 1. The number of benzene rings is 2. The van der Waals surface area contributed by atoms with E-state index in [0.29, 0.717) is 23.6 Å². The van der Waals surface area contributed by atoms with Crippen LogP contribution in [-0.2, 0) is 21.2 Å². The molecule has 0 spiro atoms. The van der Waals surface area contributed by atoms with Gasteiger partial charge in [-0.25, -0.2) is 8.42 Å². The highest BCUT2D eigenvalue weighted by Crippen LogP contribution is 2.25. The van der Waals surface area contributed by atoms with Crippen molar-refractivity contribution in [3.8, 4) is 11.5 Å². The van der Waals surface area contributed by atoms with E-state index in [4.69, 9.17) is 14.6 Å². The molecule has 2 aromatic carbocycles. The smallest absolute Gasteiger partial charge is 0.303 e. The lowest BCUT2D eigenvalue weighted by Gasteiger charge is -2.13. The van der Waals surface area contributed by atoms with Gasteiger partial charge >= 0.3 is 5.97 Å². The Morgan fingerprint density at radius 3 is 2.52 bits per heavy atom. The Morgan fingerprint density at radius 2 is 1.87 bits per heavy atom. The zero-order chi connectivity index (χ0) is 22.7. The van der Waals surface area contributed by atoms with E-state index in [1.54, 1.807) is 25.3 Å². The summed E-state index contributed by atoms with van der Waals surface area (Å²) >= 11 is 0. The van der Waals surface area contributed by atoms with E-state index in [-0.39, 0.29) is 12.8 Å². The standard InChI is InChI=1S/C23H29NO6S/c1-29-21-12-8-18(9-13-21)7-5-3-4-6-16-30-22-14-11-20(24-31(2,27)28)17-19(22)10-15-23(25)26/h5,7-9,11-14,17,24H,3-4,6,10,15-16H2,1-2H3,(H,25,26). The van der Waals surface area contributed by atoms with Crippen molar-refractivity contribution in [2.45, 2.75) is 32.1 Å². The molecule has 0 heterocycles. The molecule has 2 N–H and O–H groups in total. The summed E-state index contributed by atoms with van der Waals surface area (Å²) in [5.41, 5.74) is 2.16. The van der Waals surface area contributed by atoms with Crippen LogP contribution in [0.1, 0.15) is 36.8 Å².